The van der Waals surface area contributed by atoms with E-state index in [-0.39, 0.29) is 13.2 Å². The Morgan fingerprint density at radius 3 is 2.36 bits per heavy atom. The van der Waals surface area contributed by atoms with Gasteiger partial charge >= 0.3 is 18.0 Å². The molecule has 7 heteroatoms. The van der Waals surface area contributed by atoms with Crippen molar-refractivity contribution in [3.05, 3.63) is 35.9 Å². The zero-order chi connectivity index (χ0) is 18.3. The molecular weight excluding hydrogens is 324 g/mol. The highest BCUT2D eigenvalue weighted by molar-refractivity contribution is 6.32. The van der Waals surface area contributed by atoms with Crippen molar-refractivity contribution < 1.29 is 23.9 Å². The molecule has 2 rings (SSSR count). The molecule has 0 saturated carbocycles. The van der Waals surface area contributed by atoms with Crippen molar-refractivity contribution in [3.8, 4) is 0 Å². The zero-order valence-corrected chi connectivity index (χ0v) is 14.6. The van der Waals surface area contributed by atoms with Crippen LogP contribution in [-0.4, -0.2) is 48.1 Å². The van der Waals surface area contributed by atoms with E-state index < -0.39 is 23.5 Å². The first-order valence-corrected chi connectivity index (χ1v) is 8.38. The fourth-order valence-electron chi connectivity index (χ4n) is 2.66. The molecule has 1 aliphatic rings. The molecule has 1 saturated heterocycles. The highest BCUT2D eigenvalue weighted by Crippen LogP contribution is 2.22. The maximum Gasteiger partial charge on any atom is 0.407 e. The molecule has 25 heavy (non-hydrogen) atoms. The molecule has 0 aliphatic carbocycles. The van der Waals surface area contributed by atoms with Crippen molar-refractivity contribution in [3.63, 3.8) is 0 Å². The van der Waals surface area contributed by atoms with Crippen molar-refractivity contribution in [1.29, 1.82) is 0 Å². The van der Waals surface area contributed by atoms with E-state index in [1.165, 1.54) is 4.90 Å². The number of hydrogen-bond acceptors (Lipinski definition) is 5. The first-order valence-electron chi connectivity index (χ1n) is 8.38. The number of benzene rings is 1. The number of nitrogens with zero attached hydrogens (tertiary/aromatic N) is 1. The van der Waals surface area contributed by atoms with Gasteiger partial charge in [0.25, 0.3) is 0 Å². The third-order valence-corrected chi connectivity index (χ3v) is 4.22. The number of amides is 2. The molecule has 1 heterocycles. The fourth-order valence-corrected chi connectivity index (χ4v) is 2.66. The normalized spacial score (nSPS) is 16.0. The van der Waals surface area contributed by atoms with E-state index in [9.17, 15) is 14.4 Å². The highest BCUT2D eigenvalue weighted by Gasteiger charge is 2.35. The number of esters is 1. The number of nitrogens with one attached hydrogen (secondary N) is 1. The summed E-state index contributed by atoms with van der Waals surface area (Å²) in [5.74, 6) is -1.46. The van der Waals surface area contributed by atoms with Gasteiger partial charge in [-0.25, -0.2) is 9.59 Å². The first-order chi connectivity index (χ1) is 11.9. The van der Waals surface area contributed by atoms with Crippen LogP contribution in [0.15, 0.2) is 30.3 Å². The summed E-state index contributed by atoms with van der Waals surface area (Å²) in [6.07, 6.45) is 0.591. The van der Waals surface area contributed by atoms with Gasteiger partial charge in [0.2, 0.25) is 0 Å². The van der Waals surface area contributed by atoms with E-state index in [1.54, 1.807) is 6.92 Å². The van der Waals surface area contributed by atoms with Crippen LogP contribution in [0.4, 0.5) is 4.79 Å². The van der Waals surface area contributed by atoms with Crippen LogP contribution < -0.4 is 5.32 Å². The molecule has 0 aromatic heterocycles. The van der Waals surface area contributed by atoms with Gasteiger partial charge in [0.15, 0.2) is 0 Å². The maximum absolute atomic E-state index is 12.0. The molecule has 0 unspecified atom stereocenters. The second-order valence-electron chi connectivity index (χ2n) is 6.26. The molecule has 0 spiro atoms. The molecule has 1 aromatic carbocycles. The maximum atomic E-state index is 12.0. The van der Waals surface area contributed by atoms with E-state index >= 15 is 0 Å². The van der Waals surface area contributed by atoms with Gasteiger partial charge in [0.05, 0.1) is 6.61 Å². The van der Waals surface area contributed by atoms with Crippen LogP contribution in [0.2, 0.25) is 0 Å². The molecule has 136 valence electrons. The number of ether oxygens (including phenoxy) is 2. The Hall–Kier alpha value is -2.57. The molecule has 1 fully saturated rings. The molecule has 0 radical (unpaired) electrons. The number of piperidine rings is 1. The minimum Gasteiger partial charge on any atom is -0.459 e. The Morgan fingerprint density at radius 2 is 1.76 bits per heavy atom. The van der Waals surface area contributed by atoms with Crippen LogP contribution in [0, 0.1) is 0 Å². The van der Waals surface area contributed by atoms with Crippen LogP contribution in [0.25, 0.3) is 0 Å². The highest BCUT2D eigenvalue weighted by atomic mass is 16.5. The quantitative estimate of drug-likeness (QED) is 0.663. The molecule has 1 aliphatic heterocycles. The van der Waals surface area contributed by atoms with Crippen LogP contribution in [0.5, 0.6) is 0 Å². The van der Waals surface area contributed by atoms with Gasteiger partial charge in [-0.05, 0) is 32.3 Å². The first kappa shape index (κ1) is 18.8. The summed E-state index contributed by atoms with van der Waals surface area (Å²) in [6.45, 7) is 4.70. The summed E-state index contributed by atoms with van der Waals surface area (Å²) < 4.78 is 9.96. The standard InChI is InChI=1S/C18H24N2O5/c1-3-24-16(22)15(21)20-11-9-18(2,10-12-20)19-17(23)25-13-14-7-5-4-6-8-14/h4-8H,3,9-13H2,1-2H3,(H,19,23). The predicted octanol–water partition coefficient (Wildman–Crippen LogP) is 1.86. The van der Waals surface area contributed by atoms with Gasteiger partial charge in [-0.15, -0.1) is 0 Å². The summed E-state index contributed by atoms with van der Waals surface area (Å²) >= 11 is 0. The molecule has 2 amide bonds. The van der Waals surface area contributed by atoms with E-state index in [1.807, 2.05) is 37.3 Å². The Kier molecular flexibility index (Phi) is 6.38. The summed E-state index contributed by atoms with van der Waals surface area (Å²) in [4.78, 5) is 36.9. The lowest BCUT2D eigenvalue weighted by Gasteiger charge is -2.39. The third kappa shape index (κ3) is 5.48. The number of likely N-dealkylation sites (tertiary alicyclic amines) is 1. The van der Waals surface area contributed by atoms with E-state index in [0.29, 0.717) is 25.9 Å². The van der Waals surface area contributed by atoms with Crippen molar-refractivity contribution in [2.45, 2.75) is 38.8 Å². The van der Waals surface area contributed by atoms with Gasteiger partial charge in [0.1, 0.15) is 6.61 Å². The predicted molar refractivity (Wildman–Crippen MR) is 90.6 cm³/mol. The number of rotatable bonds is 4. The minimum absolute atomic E-state index is 0.172. The molecule has 0 bridgehead atoms. The fraction of sp³-hybridized carbons (Fsp3) is 0.500. The van der Waals surface area contributed by atoms with Gasteiger partial charge in [-0.3, -0.25) is 4.79 Å². The van der Waals surface area contributed by atoms with Gasteiger partial charge in [0, 0.05) is 18.6 Å². The van der Waals surface area contributed by atoms with Crippen molar-refractivity contribution in [2.75, 3.05) is 19.7 Å². The Balaban J connectivity index is 1.78. The van der Waals surface area contributed by atoms with E-state index in [4.69, 9.17) is 9.47 Å². The summed E-state index contributed by atoms with van der Waals surface area (Å²) in [6, 6.07) is 9.43. The zero-order valence-electron chi connectivity index (χ0n) is 14.6. The number of hydrogen-bond donors (Lipinski definition) is 1. The SMILES string of the molecule is CCOC(=O)C(=O)N1CCC(C)(NC(=O)OCc2ccccc2)CC1. The van der Waals surface area contributed by atoms with E-state index in [2.05, 4.69) is 5.32 Å². The Bertz CT molecular complexity index is 609. The molecule has 1 N–H and O–H groups in total. The van der Waals surface area contributed by atoms with Crippen LogP contribution >= 0.6 is 0 Å². The molecule has 7 nitrogen and oxygen atoms in total. The summed E-state index contributed by atoms with van der Waals surface area (Å²) in [7, 11) is 0. The van der Waals surface area contributed by atoms with Crippen molar-refractivity contribution in [1.82, 2.24) is 10.2 Å². The Morgan fingerprint density at radius 1 is 1.12 bits per heavy atom. The third-order valence-electron chi connectivity index (χ3n) is 4.22. The average molecular weight is 348 g/mol. The topological polar surface area (TPSA) is 84.9 Å². The lowest BCUT2D eigenvalue weighted by atomic mass is 9.90. The lowest BCUT2D eigenvalue weighted by Crippen LogP contribution is -2.55. The second kappa shape index (κ2) is 8.50. The monoisotopic (exact) mass is 348 g/mol. The lowest BCUT2D eigenvalue weighted by molar-refractivity contribution is -0.160. The van der Waals surface area contributed by atoms with Crippen LogP contribution in [-0.2, 0) is 25.7 Å². The largest absolute Gasteiger partial charge is 0.459 e. The number of carbonyl (C=O) groups excluding carboxylic acids is 3. The summed E-state index contributed by atoms with van der Waals surface area (Å²) in [5, 5.41) is 2.86. The molecule has 1 aromatic rings. The van der Waals surface area contributed by atoms with Crippen molar-refractivity contribution >= 4 is 18.0 Å². The van der Waals surface area contributed by atoms with Crippen LogP contribution in [0.3, 0.4) is 0 Å². The Labute approximate surface area is 147 Å². The number of alkyl carbamates (subject to hydrolysis) is 1. The van der Waals surface area contributed by atoms with Gasteiger partial charge in [-0.1, -0.05) is 30.3 Å². The van der Waals surface area contributed by atoms with Crippen LogP contribution in [0.1, 0.15) is 32.3 Å². The molecular formula is C18H24N2O5. The minimum atomic E-state index is -0.832. The summed E-state index contributed by atoms with van der Waals surface area (Å²) in [5.41, 5.74) is 0.441. The van der Waals surface area contributed by atoms with Gasteiger partial charge < -0.3 is 19.7 Å². The van der Waals surface area contributed by atoms with Gasteiger partial charge in [-0.2, -0.15) is 0 Å². The number of carbonyl (C=O) groups is 3. The smallest absolute Gasteiger partial charge is 0.407 e. The van der Waals surface area contributed by atoms with E-state index in [0.717, 1.165) is 5.56 Å². The molecule has 0 atom stereocenters. The van der Waals surface area contributed by atoms with Crippen molar-refractivity contribution in [2.24, 2.45) is 0 Å². The average Bonchev–Trinajstić information content (AvgIpc) is 2.61. The second-order valence-corrected chi connectivity index (χ2v) is 6.26.